The Morgan fingerprint density at radius 1 is 1.62 bits per heavy atom. The lowest BCUT2D eigenvalue weighted by molar-refractivity contribution is 0.0366. The molecule has 1 rings (SSSR count). The number of hydrogen-bond donors (Lipinski definition) is 2. The maximum atomic E-state index is 12.6. The Labute approximate surface area is 90.9 Å². The van der Waals surface area contributed by atoms with E-state index in [1.807, 2.05) is 0 Å². The van der Waals surface area contributed by atoms with Gasteiger partial charge in [0.2, 0.25) is 0 Å². The van der Waals surface area contributed by atoms with E-state index in [-0.39, 0.29) is 18.2 Å². The van der Waals surface area contributed by atoms with Crippen LogP contribution in [0.2, 0.25) is 0 Å². The second-order valence-corrected chi connectivity index (χ2v) is 3.43. The van der Waals surface area contributed by atoms with Crippen LogP contribution < -0.4 is 10.9 Å². The van der Waals surface area contributed by atoms with Gasteiger partial charge >= 0.3 is 0 Å². The highest BCUT2D eigenvalue weighted by Gasteiger charge is 2.20. The number of halogens is 2. The smallest absolute Gasteiger partial charge is 0.262 e. The first-order valence-electron chi connectivity index (χ1n) is 4.61. The normalized spacial score (nSPS) is 11.5. The zero-order chi connectivity index (χ0) is 12.2. The number of alkyl halides is 2. The third-order valence-corrected chi connectivity index (χ3v) is 1.65. The maximum absolute atomic E-state index is 12.6. The molecule has 0 spiro atoms. The van der Waals surface area contributed by atoms with E-state index in [4.69, 9.17) is 4.74 Å². The first-order valence-corrected chi connectivity index (χ1v) is 4.61. The Morgan fingerprint density at radius 3 is 2.88 bits per heavy atom. The van der Waals surface area contributed by atoms with Crippen LogP contribution in [-0.4, -0.2) is 29.5 Å². The molecule has 0 aliphatic carbocycles. The molecule has 1 heterocycles. The van der Waals surface area contributed by atoms with Gasteiger partial charge in [0.15, 0.2) is 0 Å². The van der Waals surface area contributed by atoms with Gasteiger partial charge < -0.3 is 15.0 Å². The lowest BCUT2D eigenvalue weighted by Crippen LogP contribution is -2.24. The van der Waals surface area contributed by atoms with Crippen LogP contribution in [-0.2, 0) is 11.3 Å². The van der Waals surface area contributed by atoms with E-state index in [0.717, 1.165) is 13.0 Å². The number of methoxy groups -OCH3 is 1. The van der Waals surface area contributed by atoms with Gasteiger partial charge in [-0.05, 0) is 0 Å². The summed E-state index contributed by atoms with van der Waals surface area (Å²) < 4.78 is 29.9. The van der Waals surface area contributed by atoms with Gasteiger partial charge in [0, 0.05) is 20.1 Å². The van der Waals surface area contributed by atoms with Gasteiger partial charge in [-0.1, -0.05) is 0 Å². The Kier molecular flexibility index (Phi) is 3.94. The molecule has 0 saturated carbocycles. The standard InChI is InChI=1S/C9H13F2N3O2/c1-9(10,11)5-12-6-3-8(15)14-7(13-6)4-16-2/h3H,4-5H2,1-2H3,(H2,12,13,14,15). The van der Waals surface area contributed by atoms with Gasteiger partial charge in [-0.3, -0.25) is 4.79 Å². The number of anilines is 1. The molecule has 0 bridgehead atoms. The highest BCUT2D eigenvalue weighted by molar-refractivity contribution is 5.33. The average Bonchev–Trinajstić information content (AvgIpc) is 2.13. The molecule has 0 radical (unpaired) electrons. The van der Waals surface area contributed by atoms with Crippen molar-refractivity contribution in [2.45, 2.75) is 19.5 Å². The largest absolute Gasteiger partial charge is 0.377 e. The number of H-pyrrole nitrogens is 1. The van der Waals surface area contributed by atoms with E-state index in [1.54, 1.807) is 0 Å². The molecule has 7 heteroatoms. The predicted molar refractivity (Wildman–Crippen MR) is 54.7 cm³/mol. The molecule has 0 aliphatic rings. The topological polar surface area (TPSA) is 67.0 Å². The SMILES string of the molecule is COCc1nc(NCC(C)(F)F)cc(=O)[nH]1. The molecule has 16 heavy (non-hydrogen) atoms. The van der Waals surface area contributed by atoms with Gasteiger partial charge in [0.25, 0.3) is 11.5 Å². The van der Waals surface area contributed by atoms with Crippen molar-refractivity contribution in [1.29, 1.82) is 0 Å². The van der Waals surface area contributed by atoms with Crippen LogP contribution in [0.15, 0.2) is 10.9 Å². The summed E-state index contributed by atoms with van der Waals surface area (Å²) in [5.41, 5.74) is -0.413. The zero-order valence-electron chi connectivity index (χ0n) is 9.01. The number of aromatic nitrogens is 2. The first kappa shape index (κ1) is 12.6. The third-order valence-electron chi connectivity index (χ3n) is 1.65. The Bertz CT molecular complexity index is 400. The lowest BCUT2D eigenvalue weighted by Gasteiger charge is -2.12. The molecule has 0 amide bonds. The van der Waals surface area contributed by atoms with E-state index in [1.165, 1.54) is 7.11 Å². The van der Waals surface area contributed by atoms with Crippen molar-refractivity contribution in [1.82, 2.24) is 9.97 Å². The molecule has 0 fully saturated rings. The lowest BCUT2D eigenvalue weighted by atomic mass is 10.4. The van der Waals surface area contributed by atoms with Gasteiger partial charge in [0.05, 0.1) is 6.54 Å². The van der Waals surface area contributed by atoms with Crippen molar-refractivity contribution in [2.24, 2.45) is 0 Å². The molecule has 0 aromatic carbocycles. The van der Waals surface area contributed by atoms with Crippen LogP contribution in [0, 0.1) is 0 Å². The van der Waals surface area contributed by atoms with Gasteiger partial charge in [-0.25, -0.2) is 13.8 Å². The van der Waals surface area contributed by atoms with Crippen molar-refractivity contribution in [3.8, 4) is 0 Å². The van der Waals surface area contributed by atoms with Crippen molar-refractivity contribution < 1.29 is 13.5 Å². The highest BCUT2D eigenvalue weighted by Crippen LogP contribution is 2.12. The van der Waals surface area contributed by atoms with Crippen LogP contribution in [0.4, 0.5) is 14.6 Å². The summed E-state index contributed by atoms with van der Waals surface area (Å²) in [5.74, 6) is -2.46. The monoisotopic (exact) mass is 233 g/mol. The molecule has 5 nitrogen and oxygen atoms in total. The third kappa shape index (κ3) is 4.35. The molecule has 1 aromatic rings. The molecule has 0 atom stereocenters. The summed E-state index contributed by atoms with van der Waals surface area (Å²) in [6, 6.07) is 1.12. The number of ether oxygens (including phenoxy) is 1. The van der Waals surface area contributed by atoms with Crippen molar-refractivity contribution in [2.75, 3.05) is 19.0 Å². The number of nitrogens with zero attached hydrogens (tertiary/aromatic N) is 1. The first-order chi connectivity index (χ1) is 7.40. The fraction of sp³-hybridized carbons (Fsp3) is 0.556. The minimum Gasteiger partial charge on any atom is -0.377 e. The van der Waals surface area contributed by atoms with Gasteiger partial charge in [0.1, 0.15) is 18.2 Å². The Morgan fingerprint density at radius 2 is 2.31 bits per heavy atom. The molecule has 0 aliphatic heterocycles. The van der Waals surface area contributed by atoms with E-state index < -0.39 is 18.0 Å². The molecule has 0 unspecified atom stereocenters. The van der Waals surface area contributed by atoms with Gasteiger partial charge in [-0.2, -0.15) is 0 Å². The number of nitrogens with one attached hydrogen (secondary N) is 2. The van der Waals surface area contributed by atoms with Crippen molar-refractivity contribution >= 4 is 5.82 Å². The van der Waals surface area contributed by atoms with Crippen LogP contribution in [0.1, 0.15) is 12.7 Å². The Hall–Kier alpha value is -1.50. The second-order valence-electron chi connectivity index (χ2n) is 3.43. The van der Waals surface area contributed by atoms with Crippen LogP contribution in [0.3, 0.4) is 0 Å². The minimum atomic E-state index is -2.86. The minimum absolute atomic E-state index is 0.109. The number of hydrogen-bond acceptors (Lipinski definition) is 4. The fourth-order valence-corrected chi connectivity index (χ4v) is 1.05. The number of aromatic amines is 1. The van der Waals surface area contributed by atoms with Crippen LogP contribution >= 0.6 is 0 Å². The molecule has 1 aromatic heterocycles. The number of rotatable bonds is 5. The molecule has 2 N–H and O–H groups in total. The second kappa shape index (κ2) is 5.02. The average molecular weight is 233 g/mol. The zero-order valence-corrected chi connectivity index (χ0v) is 9.01. The van der Waals surface area contributed by atoms with Crippen LogP contribution in [0.25, 0.3) is 0 Å². The van der Waals surface area contributed by atoms with Crippen LogP contribution in [0.5, 0.6) is 0 Å². The fourth-order valence-electron chi connectivity index (χ4n) is 1.05. The molecule has 90 valence electrons. The summed E-state index contributed by atoms with van der Waals surface area (Å²) >= 11 is 0. The van der Waals surface area contributed by atoms with E-state index in [2.05, 4.69) is 15.3 Å². The van der Waals surface area contributed by atoms with E-state index >= 15 is 0 Å². The highest BCUT2D eigenvalue weighted by atomic mass is 19.3. The molecular formula is C9H13F2N3O2. The van der Waals surface area contributed by atoms with Gasteiger partial charge in [-0.15, -0.1) is 0 Å². The Balaban J connectivity index is 2.76. The summed E-state index contributed by atoms with van der Waals surface area (Å²) in [7, 11) is 1.44. The molecular weight excluding hydrogens is 220 g/mol. The molecule has 0 saturated heterocycles. The quantitative estimate of drug-likeness (QED) is 0.795. The van der Waals surface area contributed by atoms with Crippen molar-refractivity contribution in [3.05, 3.63) is 22.2 Å². The van der Waals surface area contributed by atoms with E-state index in [0.29, 0.717) is 0 Å². The summed E-state index contributed by atoms with van der Waals surface area (Å²) in [6.07, 6.45) is 0. The predicted octanol–water partition coefficient (Wildman–Crippen LogP) is 0.983. The summed E-state index contributed by atoms with van der Waals surface area (Å²) in [4.78, 5) is 17.5. The van der Waals surface area contributed by atoms with E-state index in [9.17, 15) is 13.6 Å². The van der Waals surface area contributed by atoms with Crippen molar-refractivity contribution in [3.63, 3.8) is 0 Å². The summed E-state index contributed by atoms with van der Waals surface area (Å²) in [6.45, 7) is 0.326. The maximum Gasteiger partial charge on any atom is 0.262 e. The summed E-state index contributed by atoms with van der Waals surface area (Å²) in [5, 5.41) is 2.39.